The molecule has 0 bridgehead atoms. The zero-order valence-corrected chi connectivity index (χ0v) is 27.8. The first-order valence-electron chi connectivity index (χ1n) is 17.7. The minimum Gasteiger partial charge on any atom is -0.480 e. The van der Waals surface area contributed by atoms with Crippen molar-refractivity contribution in [3.05, 3.63) is 24.3 Å². The lowest BCUT2D eigenvalue weighted by Gasteiger charge is -2.15. The summed E-state index contributed by atoms with van der Waals surface area (Å²) in [7, 11) is 0. The normalized spacial score (nSPS) is 13.0. The van der Waals surface area contributed by atoms with Crippen LogP contribution in [0.4, 0.5) is 0 Å². The first-order valence-corrected chi connectivity index (χ1v) is 17.7. The molecule has 0 aliphatic rings. The fourth-order valence-corrected chi connectivity index (χ4v) is 5.04. The van der Waals surface area contributed by atoms with E-state index in [4.69, 9.17) is 10.5 Å². The van der Waals surface area contributed by atoms with Crippen molar-refractivity contribution in [3.63, 3.8) is 0 Å². The maximum absolute atomic E-state index is 12.5. The molecule has 250 valence electrons. The summed E-state index contributed by atoms with van der Waals surface area (Å²) < 4.78 is 5.87. The van der Waals surface area contributed by atoms with Gasteiger partial charge in [-0.15, -0.1) is 0 Å². The number of carboxylic acid groups (broad SMARTS) is 1. The van der Waals surface area contributed by atoms with Gasteiger partial charge < -0.3 is 20.9 Å². The summed E-state index contributed by atoms with van der Waals surface area (Å²) in [5.74, 6) is -1.29. The number of allylic oxidation sites excluding steroid dienone is 3. The topological polar surface area (TPSA) is 119 Å². The number of unbranched alkanes of at least 4 members (excludes halogenated alkanes) is 15. The van der Waals surface area contributed by atoms with Gasteiger partial charge in [0, 0.05) is 12.8 Å². The molecule has 0 aromatic heterocycles. The molecule has 0 aliphatic carbocycles. The van der Waals surface area contributed by atoms with Crippen LogP contribution in [0.15, 0.2) is 24.3 Å². The standard InChI is InChI=1S/C36H66N2O5/c1-3-5-7-9-11-12-14-17-21-26-32(43-35(40)30-24-20-13-10-8-6-4-2)27-22-18-15-16-19-23-29-34(39)38-33(36(41)42)28-25-31-37/h12,14,21,26,32-33H,3-11,13,15-20,22-25,27-31,37H2,1-2H3,(H,38,39)(H,41,42)/b14-12-,26-21-. The molecule has 0 rings (SSSR count). The molecule has 0 aromatic carbocycles. The summed E-state index contributed by atoms with van der Waals surface area (Å²) in [6, 6.07) is -0.853. The van der Waals surface area contributed by atoms with Crippen molar-refractivity contribution in [2.75, 3.05) is 6.54 Å². The number of carbonyl (C=O) groups excluding carboxylic acids is 2. The summed E-state index contributed by atoms with van der Waals surface area (Å²) >= 11 is 0. The molecule has 0 spiro atoms. The van der Waals surface area contributed by atoms with Gasteiger partial charge in [0.25, 0.3) is 0 Å². The zero-order chi connectivity index (χ0) is 31.8. The van der Waals surface area contributed by atoms with Crippen molar-refractivity contribution in [2.24, 2.45) is 5.73 Å². The number of aliphatic carboxylic acids is 1. The van der Waals surface area contributed by atoms with Gasteiger partial charge in [-0.3, -0.25) is 9.59 Å². The number of hydrogen-bond acceptors (Lipinski definition) is 5. The number of esters is 1. The summed E-state index contributed by atoms with van der Waals surface area (Å²) in [5.41, 5.74) is 5.45. The van der Waals surface area contributed by atoms with E-state index in [0.717, 1.165) is 70.6 Å². The van der Waals surface area contributed by atoms with E-state index in [1.807, 2.05) is 0 Å². The van der Waals surface area contributed by atoms with E-state index in [0.29, 0.717) is 32.2 Å². The number of nitrogens with one attached hydrogen (secondary N) is 1. The van der Waals surface area contributed by atoms with E-state index in [1.54, 1.807) is 0 Å². The molecule has 43 heavy (non-hydrogen) atoms. The van der Waals surface area contributed by atoms with Gasteiger partial charge in [0.15, 0.2) is 0 Å². The van der Waals surface area contributed by atoms with Crippen molar-refractivity contribution in [1.82, 2.24) is 5.32 Å². The number of rotatable bonds is 31. The van der Waals surface area contributed by atoms with Crippen molar-refractivity contribution in [3.8, 4) is 0 Å². The zero-order valence-electron chi connectivity index (χ0n) is 27.8. The maximum atomic E-state index is 12.5. The van der Waals surface area contributed by atoms with Crippen LogP contribution in [-0.2, 0) is 19.1 Å². The Morgan fingerprint density at radius 1 is 0.698 bits per heavy atom. The number of ether oxygens (including phenoxy) is 1. The Balaban J connectivity index is 4.35. The Labute approximate surface area is 263 Å². The van der Waals surface area contributed by atoms with Crippen molar-refractivity contribution < 1.29 is 24.2 Å². The molecule has 0 aromatic rings. The van der Waals surface area contributed by atoms with Crippen LogP contribution in [0.3, 0.4) is 0 Å². The molecule has 1 amide bonds. The number of amides is 1. The van der Waals surface area contributed by atoms with Gasteiger partial charge in [-0.2, -0.15) is 0 Å². The Kier molecular flexibility index (Phi) is 29.7. The van der Waals surface area contributed by atoms with E-state index < -0.39 is 12.0 Å². The molecular weight excluding hydrogens is 540 g/mol. The average Bonchev–Trinajstić information content (AvgIpc) is 2.98. The number of carboxylic acids is 1. The molecule has 0 aliphatic heterocycles. The quantitative estimate of drug-likeness (QED) is 0.0412. The predicted octanol–water partition coefficient (Wildman–Crippen LogP) is 8.94. The minimum atomic E-state index is -1.01. The monoisotopic (exact) mass is 606 g/mol. The first kappa shape index (κ1) is 40.9. The Morgan fingerprint density at radius 2 is 1.28 bits per heavy atom. The fourth-order valence-electron chi connectivity index (χ4n) is 5.04. The maximum Gasteiger partial charge on any atom is 0.326 e. The van der Waals surface area contributed by atoms with Crippen LogP contribution >= 0.6 is 0 Å². The van der Waals surface area contributed by atoms with Gasteiger partial charge in [-0.25, -0.2) is 4.79 Å². The van der Waals surface area contributed by atoms with Gasteiger partial charge >= 0.3 is 11.9 Å². The van der Waals surface area contributed by atoms with Crippen LogP contribution in [-0.4, -0.2) is 41.6 Å². The van der Waals surface area contributed by atoms with Crippen LogP contribution in [0.5, 0.6) is 0 Å². The minimum absolute atomic E-state index is 0.0823. The molecule has 0 saturated heterocycles. The van der Waals surface area contributed by atoms with Gasteiger partial charge in [-0.1, -0.05) is 116 Å². The lowest BCUT2D eigenvalue weighted by Crippen LogP contribution is -2.40. The van der Waals surface area contributed by atoms with Gasteiger partial charge in [0.05, 0.1) is 0 Å². The molecule has 4 N–H and O–H groups in total. The van der Waals surface area contributed by atoms with Crippen molar-refractivity contribution in [2.45, 2.75) is 180 Å². The van der Waals surface area contributed by atoms with E-state index >= 15 is 0 Å². The van der Waals surface area contributed by atoms with Gasteiger partial charge in [0.1, 0.15) is 12.1 Å². The Hall–Kier alpha value is -2.15. The van der Waals surface area contributed by atoms with Crippen LogP contribution in [0.1, 0.15) is 168 Å². The summed E-state index contributed by atoms with van der Waals surface area (Å²) in [6.45, 7) is 4.87. The smallest absolute Gasteiger partial charge is 0.326 e. The highest BCUT2D eigenvalue weighted by atomic mass is 16.5. The van der Waals surface area contributed by atoms with E-state index in [-0.39, 0.29) is 18.0 Å². The first-order chi connectivity index (χ1) is 20.9. The molecule has 0 saturated carbocycles. The van der Waals surface area contributed by atoms with Gasteiger partial charge in [-0.05, 0) is 70.4 Å². The number of carbonyl (C=O) groups is 3. The third kappa shape index (κ3) is 28.4. The molecule has 2 unspecified atom stereocenters. The molecule has 7 nitrogen and oxygen atoms in total. The van der Waals surface area contributed by atoms with Crippen LogP contribution in [0.25, 0.3) is 0 Å². The highest BCUT2D eigenvalue weighted by Gasteiger charge is 2.18. The summed E-state index contributed by atoms with van der Waals surface area (Å²) in [4.78, 5) is 35.9. The number of hydrogen-bond donors (Lipinski definition) is 3. The van der Waals surface area contributed by atoms with Gasteiger partial charge in [0.2, 0.25) is 5.91 Å². The third-order valence-electron chi connectivity index (χ3n) is 7.75. The van der Waals surface area contributed by atoms with Crippen molar-refractivity contribution >= 4 is 17.8 Å². The summed E-state index contributed by atoms with van der Waals surface area (Å²) in [5, 5.41) is 11.8. The highest BCUT2D eigenvalue weighted by molar-refractivity contribution is 5.83. The molecule has 7 heteroatoms. The average molecular weight is 607 g/mol. The Bertz CT molecular complexity index is 737. The van der Waals surface area contributed by atoms with Crippen molar-refractivity contribution in [1.29, 1.82) is 0 Å². The van der Waals surface area contributed by atoms with Crippen LogP contribution < -0.4 is 11.1 Å². The lowest BCUT2D eigenvalue weighted by atomic mass is 10.0. The largest absolute Gasteiger partial charge is 0.480 e. The molecule has 0 heterocycles. The second-order valence-corrected chi connectivity index (χ2v) is 11.9. The van der Waals surface area contributed by atoms with Crippen LogP contribution in [0.2, 0.25) is 0 Å². The molecule has 2 atom stereocenters. The molecule has 0 fully saturated rings. The second kappa shape index (κ2) is 31.3. The second-order valence-electron chi connectivity index (χ2n) is 11.9. The highest BCUT2D eigenvalue weighted by Crippen LogP contribution is 2.15. The third-order valence-corrected chi connectivity index (χ3v) is 7.75. The fraction of sp³-hybridized carbons (Fsp3) is 0.806. The molecule has 0 radical (unpaired) electrons. The van der Waals surface area contributed by atoms with Crippen LogP contribution in [0, 0.1) is 0 Å². The van der Waals surface area contributed by atoms with E-state index in [1.165, 1.54) is 57.8 Å². The molecular formula is C36H66N2O5. The Morgan fingerprint density at radius 3 is 1.91 bits per heavy atom. The summed E-state index contributed by atoms with van der Waals surface area (Å²) in [6.07, 6.45) is 32.4. The lowest BCUT2D eigenvalue weighted by molar-refractivity contribution is -0.147. The predicted molar refractivity (Wildman–Crippen MR) is 179 cm³/mol. The number of nitrogens with two attached hydrogens (primary N) is 1. The van der Waals surface area contributed by atoms with E-state index in [2.05, 4.69) is 43.5 Å². The van der Waals surface area contributed by atoms with E-state index in [9.17, 15) is 19.5 Å². The SMILES string of the molecule is CCCCCC/C=C\C/C=C\C(CCCCCCCCC(=O)NC(CCCN)C(=O)O)OC(=O)CCCCCCCCC.